The Kier molecular flexibility index (Phi) is 4.32. The molecule has 2 rings (SSSR count). The van der Waals surface area contributed by atoms with Crippen molar-refractivity contribution in [3.8, 4) is 0 Å². The maximum atomic E-state index is 12.4. The Bertz CT molecular complexity index is 364. The van der Waals surface area contributed by atoms with Crippen LogP contribution in [0.2, 0.25) is 0 Å². The van der Waals surface area contributed by atoms with Gasteiger partial charge in [-0.3, -0.25) is 4.79 Å². The van der Waals surface area contributed by atoms with Crippen molar-refractivity contribution in [1.29, 1.82) is 0 Å². The Morgan fingerprint density at radius 2 is 2.16 bits per heavy atom. The molecule has 4 N–H and O–H groups in total. The van der Waals surface area contributed by atoms with Gasteiger partial charge < -0.3 is 16.3 Å². The first-order valence-electron chi connectivity index (χ1n) is 7.41. The number of nitrogens with one attached hydrogen (secondary N) is 1. The molecule has 19 heavy (non-hydrogen) atoms. The van der Waals surface area contributed by atoms with Crippen LogP contribution in [0, 0.1) is 11.3 Å². The molecule has 0 heterocycles. The second kappa shape index (κ2) is 5.80. The summed E-state index contributed by atoms with van der Waals surface area (Å²) in [7, 11) is 0. The molecule has 0 aromatic rings. The molecule has 1 amide bonds. The lowest BCUT2D eigenvalue weighted by Gasteiger charge is -2.40. The first-order chi connectivity index (χ1) is 9.12. The molecule has 0 spiro atoms. The van der Waals surface area contributed by atoms with Gasteiger partial charge in [0.1, 0.15) is 5.41 Å². The van der Waals surface area contributed by atoms with E-state index in [0.717, 1.165) is 25.2 Å². The van der Waals surface area contributed by atoms with Gasteiger partial charge in [0.05, 0.1) is 0 Å². The third kappa shape index (κ3) is 2.69. The van der Waals surface area contributed by atoms with E-state index >= 15 is 0 Å². The normalized spacial score (nSPS) is 30.5. The van der Waals surface area contributed by atoms with Gasteiger partial charge in [-0.25, -0.2) is 0 Å². The summed E-state index contributed by atoms with van der Waals surface area (Å²) in [6.07, 6.45) is 8.10. The van der Waals surface area contributed by atoms with Crippen LogP contribution in [0.15, 0.2) is 5.16 Å². The molecular formula is C14H25N3O2. The fraction of sp³-hybridized carbons (Fsp3) is 0.857. The minimum Gasteiger partial charge on any atom is -0.409 e. The van der Waals surface area contributed by atoms with E-state index in [0.29, 0.717) is 12.8 Å². The molecule has 0 bridgehead atoms. The molecule has 2 unspecified atom stereocenters. The summed E-state index contributed by atoms with van der Waals surface area (Å²) < 4.78 is 0. The standard InChI is InChI=1S/C14H25N3O2/c1-2-10-5-3-6-11(9-10)16-13(18)14(7-4-8-14)12(15)17-19/h10-11,19H,2-9H2,1H3,(H2,15,17)(H,16,18). The van der Waals surface area contributed by atoms with E-state index in [4.69, 9.17) is 10.9 Å². The maximum Gasteiger partial charge on any atom is 0.234 e. The molecule has 0 radical (unpaired) electrons. The summed E-state index contributed by atoms with van der Waals surface area (Å²) in [5.41, 5.74) is 4.97. The average Bonchev–Trinajstić information content (AvgIpc) is 2.37. The summed E-state index contributed by atoms with van der Waals surface area (Å²) in [6.45, 7) is 2.21. The third-order valence-electron chi connectivity index (χ3n) is 4.94. The second-order valence-electron chi connectivity index (χ2n) is 6.03. The molecule has 2 saturated carbocycles. The van der Waals surface area contributed by atoms with E-state index in [1.165, 1.54) is 19.3 Å². The lowest BCUT2D eigenvalue weighted by atomic mass is 9.67. The Balaban J connectivity index is 1.96. The number of nitrogens with two attached hydrogens (primary N) is 1. The third-order valence-corrected chi connectivity index (χ3v) is 4.94. The van der Waals surface area contributed by atoms with Crippen molar-refractivity contribution in [1.82, 2.24) is 5.32 Å². The number of carbonyl (C=O) groups is 1. The number of oxime groups is 1. The van der Waals surface area contributed by atoms with Crippen LogP contribution in [0.1, 0.15) is 58.3 Å². The van der Waals surface area contributed by atoms with Gasteiger partial charge in [-0.15, -0.1) is 0 Å². The molecule has 0 aromatic carbocycles. The highest BCUT2D eigenvalue weighted by Gasteiger charge is 2.48. The summed E-state index contributed by atoms with van der Waals surface area (Å²) in [5.74, 6) is 0.746. The minimum atomic E-state index is -0.742. The topological polar surface area (TPSA) is 87.7 Å². The van der Waals surface area contributed by atoms with Gasteiger partial charge in [-0.1, -0.05) is 37.8 Å². The van der Waals surface area contributed by atoms with Crippen molar-refractivity contribution in [2.45, 2.75) is 64.3 Å². The van der Waals surface area contributed by atoms with Crippen LogP contribution in [0.4, 0.5) is 0 Å². The number of carbonyl (C=O) groups excluding carboxylic acids is 1. The van der Waals surface area contributed by atoms with Gasteiger partial charge in [0.25, 0.3) is 0 Å². The molecule has 2 fully saturated rings. The fourth-order valence-corrected chi connectivity index (χ4v) is 3.34. The van der Waals surface area contributed by atoms with Crippen molar-refractivity contribution < 1.29 is 10.0 Å². The molecule has 0 aromatic heterocycles. The molecule has 108 valence electrons. The minimum absolute atomic E-state index is 0.0456. The van der Waals surface area contributed by atoms with Gasteiger partial charge in [-0.05, 0) is 31.6 Å². The monoisotopic (exact) mass is 267 g/mol. The molecule has 0 saturated heterocycles. The highest BCUT2D eigenvalue weighted by Crippen LogP contribution is 2.41. The first-order valence-corrected chi connectivity index (χ1v) is 7.41. The van der Waals surface area contributed by atoms with Gasteiger partial charge in [0.2, 0.25) is 5.91 Å². The fourth-order valence-electron chi connectivity index (χ4n) is 3.34. The lowest BCUT2D eigenvalue weighted by Crippen LogP contribution is -2.56. The largest absolute Gasteiger partial charge is 0.409 e. The zero-order chi connectivity index (χ0) is 13.9. The van der Waals surface area contributed by atoms with Crippen LogP contribution in [0.25, 0.3) is 0 Å². The zero-order valence-corrected chi connectivity index (χ0v) is 11.7. The number of rotatable bonds is 4. The van der Waals surface area contributed by atoms with Crippen LogP contribution in [0.3, 0.4) is 0 Å². The predicted molar refractivity (Wildman–Crippen MR) is 73.9 cm³/mol. The SMILES string of the molecule is CCC1CCCC(NC(=O)C2(C(N)=NO)CCC2)C1. The number of hydrogen-bond acceptors (Lipinski definition) is 3. The molecular weight excluding hydrogens is 242 g/mol. The van der Waals surface area contributed by atoms with E-state index < -0.39 is 5.41 Å². The predicted octanol–water partition coefficient (Wildman–Crippen LogP) is 1.99. The van der Waals surface area contributed by atoms with Crippen molar-refractivity contribution in [2.75, 3.05) is 0 Å². The molecule has 0 aliphatic heterocycles. The number of amidine groups is 1. The summed E-state index contributed by atoms with van der Waals surface area (Å²) >= 11 is 0. The van der Waals surface area contributed by atoms with Gasteiger partial charge in [0.15, 0.2) is 5.84 Å². The Morgan fingerprint density at radius 3 is 2.68 bits per heavy atom. The quantitative estimate of drug-likeness (QED) is 0.315. The number of amides is 1. The average molecular weight is 267 g/mol. The maximum absolute atomic E-state index is 12.4. The van der Waals surface area contributed by atoms with E-state index in [1.807, 2.05) is 0 Å². The lowest BCUT2D eigenvalue weighted by molar-refractivity contribution is -0.132. The summed E-state index contributed by atoms with van der Waals surface area (Å²) in [6, 6.07) is 0.259. The molecule has 2 aliphatic rings. The van der Waals surface area contributed by atoms with Crippen LogP contribution < -0.4 is 11.1 Å². The second-order valence-corrected chi connectivity index (χ2v) is 6.03. The van der Waals surface area contributed by atoms with Crippen LogP contribution in [-0.4, -0.2) is 23.0 Å². The van der Waals surface area contributed by atoms with Gasteiger partial charge >= 0.3 is 0 Å². The van der Waals surface area contributed by atoms with Crippen molar-refractivity contribution in [3.63, 3.8) is 0 Å². The van der Waals surface area contributed by atoms with Crippen LogP contribution in [-0.2, 0) is 4.79 Å². The van der Waals surface area contributed by atoms with Crippen molar-refractivity contribution in [2.24, 2.45) is 22.2 Å². The van der Waals surface area contributed by atoms with Crippen LogP contribution >= 0.6 is 0 Å². The molecule has 2 atom stereocenters. The number of nitrogens with zero attached hydrogens (tertiary/aromatic N) is 1. The zero-order valence-electron chi connectivity index (χ0n) is 11.7. The molecule has 5 heteroatoms. The Labute approximate surface area is 114 Å². The van der Waals surface area contributed by atoms with Gasteiger partial charge in [-0.2, -0.15) is 0 Å². The van der Waals surface area contributed by atoms with E-state index in [9.17, 15) is 4.79 Å². The van der Waals surface area contributed by atoms with Crippen molar-refractivity contribution >= 4 is 11.7 Å². The van der Waals surface area contributed by atoms with E-state index in [2.05, 4.69) is 17.4 Å². The van der Waals surface area contributed by atoms with Crippen molar-refractivity contribution in [3.05, 3.63) is 0 Å². The first kappa shape index (κ1) is 14.2. The van der Waals surface area contributed by atoms with E-state index in [1.54, 1.807) is 0 Å². The Morgan fingerprint density at radius 1 is 1.42 bits per heavy atom. The molecule has 5 nitrogen and oxygen atoms in total. The molecule has 2 aliphatic carbocycles. The Hall–Kier alpha value is -1.26. The highest BCUT2D eigenvalue weighted by molar-refractivity contribution is 6.07. The number of hydrogen-bond donors (Lipinski definition) is 3. The van der Waals surface area contributed by atoms with Crippen LogP contribution in [0.5, 0.6) is 0 Å². The summed E-state index contributed by atoms with van der Waals surface area (Å²) in [5, 5.41) is 15.0. The smallest absolute Gasteiger partial charge is 0.234 e. The van der Waals surface area contributed by atoms with Gasteiger partial charge in [0, 0.05) is 6.04 Å². The van der Waals surface area contributed by atoms with E-state index in [-0.39, 0.29) is 17.8 Å². The summed E-state index contributed by atoms with van der Waals surface area (Å²) in [4.78, 5) is 12.4. The highest BCUT2D eigenvalue weighted by atomic mass is 16.4.